The van der Waals surface area contributed by atoms with Crippen LogP contribution in [0.5, 0.6) is 5.75 Å². The Bertz CT molecular complexity index is 1070. The second kappa shape index (κ2) is 7.79. The Morgan fingerprint density at radius 2 is 1.93 bits per heavy atom. The molecule has 0 bridgehead atoms. The van der Waals surface area contributed by atoms with Gasteiger partial charge in [0.15, 0.2) is 5.78 Å². The fourth-order valence-corrected chi connectivity index (χ4v) is 3.40. The van der Waals surface area contributed by atoms with E-state index in [0.717, 1.165) is 11.1 Å². The van der Waals surface area contributed by atoms with Crippen LogP contribution in [0, 0.1) is 0 Å². The third-order valence-electron chi connectivity index (χ3n) is 4.81. The van der Waals surface area contributed by atoms with Gasteiger partial charge in [-0.15, -0.1) is 10.2 Å². The number of fused-ring (bicyclic) bond motifs is 1. The van der Waals surface area contributed by atoms with Gasteiger partial charge < -0.3 is 9.84 Å². The Morgan fingerprint density at radius 1 is 1.24 bits per heavy atom. The van der Waals surface area contributed by atoms with Crippen LogP contribution in [0.15, 0.2) is 43.0 Å². The first kappa shape index (κ1) is 20.7. The van der Waals surface area contributed by atoms with Crippen LogP contribution in [0.25, 0.3) is 16.7 Å². The van der Waals surface area contributed by atoms with Gasteiger partial charge in [0.25, 0.3) is 0 Å². The smallest absolute Gasteiger partial charge is 0.185 e. The molecular weight excluding hydrogens is 366 g/mol. The second-order valence-corrected chi connectivity index (χ2v) is 8.24. The summed E-state index contributed by atoms with van der Waals surface area (Å²) in [6.07, 6.45) is 1.17. The van der Waals surface area contributed by atoms with Crippen molar-refractivity contribution in [3.63, 3.8) is 0 Å². The molecule has 3 rings (SSSR count). The van der Waals surface area contributed by atoms with E-state index < -0.39 is 6.10 Å². The summed E-state index contributed by atoms with van der Waals surface area (Å²) in [6.45, 7) is 11.6. The SMILES string of the molecule is C=CC(=O)c1cc(-n2nc3ccc(OC)cc3n2)c(CC(C)O)c(C(C)(C)C)c1. The zero-order valence-corrected chi connectivity index (χ0v) is 17.6. The summed E-state index contributed by atoms with van der Waals surface area (Å²) in [6, 6.07) is 9.15. The number of methoxy groups -OCH3 is 1. The molecule has 1 unspecified atom stereocenters. The highest BCUT2D eigenvalue weighted by Crippen LogP contribution is 2.33. The number of ether oxygens (including phenoxy) is 1. The highest BCUT2D eigenvalue weighted by atomic mass is 16.5. The Hall–Kier alpha value is -2.99. The summed E-state index contributed by atoms with van der Waals surface area (Å²) in [5, 5.41) is 19.4. The lowest BCUT2D eigenvalue weighted by Gasteiger charge is -2.26. The molecule has 1 atom stereocenters. The van der Waals surface area contributed by atoms with Gasteiger partial charge in [-0.3, -0.25) is 4.79 Å². The normalized spacial score (nSPS) is 12.8. The third-order valence-corrected chi connectivity index (χ3v) is 4.81. The summed E-state index contributed by atoms with van der Waals surface area (Å²) in [5.74, 6) is 0.526. The van der Waals surface area contributed by atoms with E-state index >= 15 is 0 Å². The number of carbonyl (C=O) groups excluding carboxylic acids is 1. The van der Waals surface area contributed by atoms with E-state index in [-0.39, 0.29) is 11.2 Å². The number of nitrogens with zero attached hydrogens (tertiary/aromatic N) is 3. The number of carbonyl (C=O) groups is 1. The lowest BCUT2D eigenvalue weighted by Crippen LogP contribution is -2.21. The molecule has 29 heavy (non-hydrogen) atoms. The molecule has 0 amide bonds. The quantitative estimate of drug-likeness (QED) is 0.506. The zero-order valence-electron chi connectivity index (χ0n) is 17.6. The van der Waals surface area contributed by atoms with E-state index in [1.165, 1.54) is 10.9 Å². The van der Waals surface area contributed by atoms with Crippen molar-refractivity contribution in [1.29, 1.82) is 0 Å². The second-order valence-electron chi connectivity index (χ2n) is 8.24. The molecule has 1 heterocycles. The Labute approximate surface area is 170 Å². The highest BCUT2D eigenvalue weighted by Gasteiger charge is 2.25. The topological polar surface area (TPSA) is 77.2 Å². The van der Waals surface area contributed by atoms with Gasteiger partial charge in [-0.25, -0.2) is 0 Å². The van der Waals surface area contributed by atoms with Crippen molar-refractivity contribution in [3.05, 3.63) is 59.7 Å². The van der Waals surface area contributed by atoms with E-state index in [1.54, 1.807) is 20.1 Å². The molecule has 0 radical (unpaired) electrons. The summed E-state index contributed by atoms with van der Waals surface area (Å²) in [7, 11) is 1.60. The van der Waals surface area contributed by atoms with Crippen LogP contribution in [-0.2, 0) is 11.8 Å². The van der Waals surface area contributed by atoms with Gasteiger partial charge in [-0.1, -0.05) is 27.4 Å². The average Bonchev–Trinajstić information content (AvgIpc) is 3.08. The van der Waals surface area contributed by atoms with E-state index in [0.29, 0.717) is 34.5 Å². The monoisotopic (exact) mass is 393 g/mol. The van der Waals surface area contributed by atoms with Gasteiger partial charge >= 0.3 is 0 Å². The minimum Gasteiger partial charge on any atom is -0.497 e. The number of allylic oxidation sites excluding steroid dienone is 1. The molecule has 0 fully saturated rings. The number of aliphatic hydroxyl groups excluding tert-OH is 1. The lowest BCUT2D eigenvalue weighted by molar-refractivity contribution is 0.104. The minimum absolute atomic E-state index is 0.168. The molecule has 3 aromatic rings. The van der Waals surface area contributed by atoms with E-state index in [4.69, 9.17) is 4.74 Å². The first-order valence-electron chi connectivity index (χ1n) is 9.57. The van der Waals surface area contributed by atoms with E-state index in [2.05, 4.69) is 37.5 Å². The number of rotatable bonds is 6. The largest absolute Gasteiger partial charge is 0.497 e. The first-order chi connectivity index (χ1) is 13.6. The molecule has 0 saturated heterocycles. The van der Waals surface area contributed by atoms with Crippen LogP contribution in [0.4, 0.5) is 0 Å². The fourth-order valence-electron chi connectivity index (χ4n) is 3.40. The number of hydrogen-bond donors (Lipinski definition) is 1. The van der Waals surface area contributed by atoms with Crippen molar-refractivity contribution in [3.8, 4) is 11.4 Å². The molecule has 2 aromatic carbocycles. The van der Waals surface area contributed by atoms with Gasteiger partial charge in [-0.2, -0.15) is 4.80 Å². The van der Waals surface area contributed by atoms with Crippen molar-refractivity contribution in [2.45, 2.75) is 45.6 Å². The molecule has 6 nitrogen and oxygen atoms in total. The lowest BCUT2D eigenvalue weighted by atomic mass is 9.80. The number of ketones is 1. The van der Waals surface area contributed by atoms with Crippen LogP contribution < -0.4 is 4.74 Å². The zero-order chi connectivity index (χ0) is 21.3. The standard InChI is InChI=1S/C23H27N3O3/c1-7-22(28)15-11-18(23(3,4)5)17(10-14(2)27)21(12-15)26-24-19-9-8-16(29-6)13-20(19)25-26/h7-9,11-14,27H,1,10H2,2-6H3. The van der Waals surface area contributed by atoms with Gasteiger partial charge in [0.05, 0.1) is 18.9 Å². The number of hydrogen-bond acceptors (Lipinski definition) is 5. The van der Waals surface area contributed by atoms with Crippen LogP contribution >= 0.6 is 0 Å². The maximum atomic E-state index is 12.4. The molecule has 0 aliphatic rings. The van der Waals surface area contributed by atoms with Crippen molar-refractivity contribution >= 4 is 16.8 Å². The predicted molar refractivity (Wildman–Crippen MR) is 114 cm³/mol. The van der Waals surface area contributed by atoms with Crippen LogP contribution in [-0.4, -0.2) is 39.1 Å². The molecule has 1 aromatic heterocycles. The van der Waals surface area contributed by atoms with E-state index in [9.17, 15) is 9.90 Å². The molecule has 152 valence electrons. The summed E-state index contributed by atoms with van der Waals surface area (Å²) >= 11 is 0. The van der Waals surface area contributed by atoms with Crippen molar-refractivity contribution in [2.24, 2.45) is 0 Å². The van der Waals surface area contributed by atoms with Crippen molar-refractivity contribution in [1.82, 2.24) is 15.0 Å². The molecular formula is C23H27N3O3. The highest BCUT2D eigenvalue weighted by molar-refractivity contribution is 6.04. The average molecular weight is 393 g/mol. The molecule has 6 heteroatoms. The van der Waals surface area contributed by atoms with Gasteiger partial charge in [0.2, 0.25) is 0 Å². The van der Waals surface area contributed by atoms with Crippen molar-refractivity contribution in [2.75, 3.05) is 7.11 Å². The van der Waals surface area contributed by atoms with E-state index in [1.807, 2.05) is 24.3 Å². The van der Waals surface area contributed by atoms with Crippen LogP contribution in [0.1, 0.15) is 49.2 Å². The number of aliphatic hydroxyl groups is 1. The summed E-state index contributed by atoms with van der Waals surface area (Å²) in [5.41, 5.74) is 4.25. The van der Waals surface area contributed by atoms with Gasteiger partial charge in [0, 0.05) is 18.1 Å². The maximum absolute atomic E-state index is 12.4. The predicted octanol–water partition coefficient (Wildman–Crippen LogP) is 4.02. The molecule has 1 N–H and O–H groups in total. The maximum Gasteiger partial charge on any atom is 0.185 e. The number of aromatic nitrogens is 3. The molecule has 0 aliphatic carbocycles. The summed E-state index contributed by atoms with van der Waals surface area (Å²) in [4.78, 5) is 14.0. The van der Waals surface area contributed by atoms with Crippen LogP contribution in [0.3, 0.4) is 0 Å². The van der Waals surface area contributed by atoms with Gasteiger partial charge in [-0.05, 0) is 53.8 Å². The van der Waals surface area contributed by atoms with Gasteiger partial charge in [0.1, 0.15) is 16.8 Å². The van der Waals surface area contributed by atoms with Crippen molar-refractivity contribution < 1.29 is 14.6 Å². The third kappa shape index (κ3) is 4.22. The Balaban J connectivity index is 2.32. The molecule has 0 aliphatic heterocycles. The minimum atomic E-state index is -0.555. The van der Waals surface area contributed by atoms with Crippen LogP contribution in [0.2, 0.25) is 0 Å². The summed E-state index contributed by atoms with van der Waals surface area (Å²) < 4.78 is 5.28. The number of benzene rings is 2. The Kier molecular flexibility index (Phi) is 5.57. The molecule has 0 spiro atoms. The first-order valence-corrected chi connectivity index (χ1v) is 9.57. The fraction of sp³-hybridized carbons (Fsp3) is 0.348. The molecule has 0 saturated carbocycles. The Morgan fingerprint density at radius 3 is 2.52 bits per heavy atom.